The Morgan fingerprint density at radius 1 is 0.734 bits per heavy atom. The van der Waals surface area contributed by atoms with Crippen molar-refractivity contribution in [3.63, 3.8) is 0 Å². The third kappa shape index (κ3) is 11.7. The molecule has 3 saturated heterocycles. The van der Waals surface area contributed by atoms with E-state index in [9.17, 15) is 28.8 Å². The molecule has 0 saturated carbocycles. The van der Waals surface area contributed by atoms with Crippen molar-refractivity contribution in [1.29, 1.82) is 0 Å². The lowest BCUT2D eigenvalue weighted by Gasteiger charge is -2.32. The van der Waals surface area contributed by atoms with Crippen LogP contribution in [0.25, 0.3) is 0 Å². The van der Waals surface area contributed by atoms with Crippen LogP contribution >= 0.6 is 22.7 Å². The van der Waals surface area contributed by atoms with Crippen molar-refractivity contribution in [1.82, 2.24) is 35.3 Å². The number of likely N-dealkylation sites (tertiary alicyclic amines) is 3. The van der Waals surface area contributed by atoms with Crippen molar-refractivity contribution in [3.05, 3.63) is 58.2 Å². The predicted octanol–water partition coefficient (Wildman–Crippen LogP) is 7.16. The number of aromatic nitrogens is 2. The third-order valence-corrected chi connectivity index (χ3v) is 13.6. The lowest BCUT2D eigenvalue weighted by Crippen LogP contribution is -2.54. The number of hydrogen-bond acceptors (Lipinski definition) is 13. The van der Waals surface area contributed by atoms with E-state index in [1.54, 1.807) is 0 Å². The average Bonchev–Trinajstić information content (AvgIpc) is 4.11. The quantitative estimate of drug-likeness (QED) is 0.132. The summed E-state index contributed by atoms with van der Waals surface area (Å²) < 4.78 is 9.48. The molecule has 0 aliphatic carbocycles. The zero-order chi connectivity index (χ0) is 47.0. The molecule has 350 valence electrons. The number of methoxy groups -OCH3 is 2. The van der Waals surface area contributed by atoms with E-state index in [1.807, 2.05) is 57.5 Å². The molecule has 0 unspecified atom stereocenters. The van der Waals surface area contributed by atoms with Gasteiger partial charge in [0.05, 0.1) is 37.7 Å². The second-order valence-electron chi connectivity index (χ2n) is 18.1. The van der Waals surface area contributed by atoms with Gasteiger partial charge in [-0.2, -0.15) is 0 Å². The molecule has 0 bridgehead atoms. The van der Waals surface area contributed by atoms with Gasteiger partial charge in [0, 0.05) is 29.5 Å². The highest BCUT2D eigenvalue weighted by molar-refractivity contribution is 7.14. The van der Waals surface area contributed by atoms with Gasteiger partial charge >= 0.3 is 12.2 Å². The van der Waals surface area contributed by atoms with Crippen LogP contribution < -0.4 is 21.3 Å². The highest BCUT2D eigenvalue weighted by Crippen LogP contribution is 2.48. The number of alkyl carbamates (subject to hydrolysis) is 2. The van der Waals surface area contributed by atoms with Crippen LogP contribution in [-0.2, 0) is 28.7 Å². The SMILES string of the molecule is C=C(/C=C\C(=C/C)N1[C@H](c2csc(NC(=O)[C@@H]3CCCN3C(=O)[C@@H](NC(=O)OC)C(C)C)n2)CC[C@H]1c1csc(NC(=O)[C@@H]2CCCN2C(=O)[C@@H](NC(=O)OC)C(C)C)n1)C(C)(C)C. The van der Waals surface area contributed by atoms with Gasteiger partial charge in [0.25, 0.3) is 0 Å². The maximum Gasteiger partial charge on any atom is 0.407 e. The molecule has 0 aromatic carbocycles. The van der Waals surface area contributed by atoms with Crippen LogP contribution in [-0.4, -0.2) is 112 Å². The van der Waals surface area contributed by atoms with E-state index in [4.69, 9.17) is 19.4 Å². The van der Waals surface area contributed by atoms with E-state index < -0.39 is 36.4 Å². The summed E-state index contributed by atoms with van der Waals surface area (Å²) in [5, 5.41) is 15.9. The number of amides is 6. The Balaban J connectivity index is 1.35. The fourth-order valence-corrected chi connectivity index (χ4v) is 9.77. The number of carbonyl (C=O) groups is 6. The molecule has 2 aromatic heterocycles. The van der Waals surface area contributed by atoms with Crippen LogP contribution in [0.1, 0.15) is 117 Å². The molecular weight excluding hydrogens is 859 g/mol. The van der Waals surface area contributed by atoms with Crippen molar-refractivity contribution in [2.75, 3.05) is 37.9 Å². The van der Waals surface area contributed by atoms with Crippen molar-refractivity contribution in [2.45, 2.75) is 130 Å². The smallest absolute Gasteiger partial charge is 0.407 e. The van der Waals surface area contributed by atoms with Crippen LogP contribution in [0.4, 0.5) is 19.9 Å². The fourth-order valence-electron chi connectivity index (χ4n) is 8.25. The predicted molar refractivity (Wildman–Crippen MR) is 247 cm³/mol. The molecular formula is C45H65N9O8S2. The van der Waals surface area contributed by atoms with Crippen LogP contribution in [0.2, 0.25) is 0 Å². The zero-order valence-electron chi connectivity index (χ0n) is 38.7. The molecule has 3 aliphatic heterocycles. The van der Waals surface area contributed by atoms with E-state index in [-0.39, 0.29) is 53.0 Å². The van der Waals surface area contributed by atoms with E-state index >= 15 is 0 Å². The first-order valence-electron chi connectivity index (χ1n) is 21.9. The number of nitrogens with one attached hydrogen (secondary N) is 4. The van der Waals surface area contributed by atoms with Crippen LogP contribution in [0.3, 0.4) is 0 Å². The summed E-state index contributed by atoms with van der Waals surface area (Å²) in [5.74, 6) is -1.81. The number of nitrogens with zero attached hydrogens (tertiary/aromatic N) is 5. The van der Waals surface area contributed by atoms with Crippen LogP contribution in [0, 0.1) is 17.3 Å². The summed E-state index contributed by atoms with van der Waals surface area (Å²) in [6.07, 6.45) is 8.39. The molecule has 6 amide bonds. The first-order chi connectivity index (χ1) is 30.3. The number of hydrogen-bond donors (Lipinski definition) is 4. The van der Waals surface area contributed by atoms with E-state index in [2.05, 4.69) is 59.6 Å². The number of carbonyl (C=O) groups excluding carboxylic acids is 6. The molecule has 64 heavy (non-hydrogen) atoms. The first-order valence-corrected chi connectivity index (χ1v) is 23.7. The van der Waals surface area contributed by atoms with E-state index in [0.717, 1.165) is 35.5 Å². The van der Waals surface area contributed by atoms with Gasteiger partial charge in [-0.3, -0.25) is 19.2 Å². The van der Waals surface area contributed by atoms with Gasteiger partial charge in [-0.1, -0.05) is 67.2 Å². The summed E-state index contributed by atoms with van der Waals surface area (Å²) in [4.78, 5) is 94.1. The van der Waals surface area contributed by atoms with Crippen molar-refractivity contribution < 1.29 is 38.2 Å². The number of ether oxygens (including phenoxy) is 2. The van der Waals surface area contributed by atoms with Crippen LogP contribution in [0.5, 0.6) is 0 Å². The molecule has 2 aromatic rings. The van der Waals surface area contributed by atoms with E-state index in [1.165, 1.54) is 46.7 Å². The maximum atomic E-state index is 13.8. The molecule has 5 rings (SSSR count). The highest BCUT2D eigenvalue weighted by Gasteiger charge is 2.42. The number of thiazole rings is 2. The van der Waals surface area contributed by atoms with Crippen molar-refractivity contribution in [3.8, 4) is 0 Å². The summed E-state index contributed by atoms with van der Waals surface area (Å²) >= 11 is 2.63. The molecule has 0 spiro atoms. The minimum atomic E-state index is -0.844. The van der Waals surface area contributed by atoms with Gasteiger partial charge in [0.2, 0.25) is 23.6 Å². The largest absolute Gasteiger partial charge is 0.453 e. The number of rotatable bonds is 15. The Morgan fingerprint density at radius 3 is 1.52 bits per heavy atom. The fraction of sp³-hybridized carbons (Fsp3) is 0.600. The Kier molecular flexibility index (Phi) is 16.8. The van der Waals surface area contributed by atoms with Gasteiger partial charge in [-0.05, 0) is 74.3 Å². The highest BCUT2D eigenvalue weighted by atomic mass is 32.1. The lowest BCUT2D eigenvalue weighted by molar-refractivity contribution is -0.139. The van der Waals surface area contributed by atoms with Gasteiger partial charge in [0.1, 0.15) is 24.2 Å². The number of anilines is 2. The Bertz CT molecular complexity index is 1990. The molecule has 3 fully saturated rings. The number of allylic oxidation sites excluding steroid dienone is 4. The molecule has 4 N–H and O–H groups in total. The molecule has 19 heteroatoms. The third-order valence-electron chi connectivity index (χ3n) is 12.0. The van der Waals surface area contributed by atoms with Gasteiger partial charge in [-0.25, -0.2) is 19.6 Å². The van der Waals surface area contributed by atoms with Crippen LogP contribution in [0.15, 0.2) is 46.8 Å². The maximum absolute atomic E-state index is 13.8. The van der Waals surface area contributed by atoms with Crippen molar-refractivity contribution >= 4 is 68.8 Å². The second-order valence-corrected chi connectivity index (χ2v) is 19.8. The van der Waals surface area contributed by atoms with Gasteiger partial charge in [0.15, 0.2) is 10.3 Å². The summed E-state index contributed by atoms with van der Waals surface area (Å²) in [7, 11) is 2.48. The minimum absolute atomic E-state index is 0.149. The molecule has 17 nitrogen and oxygen atoms in total. The van der Waals surface area contributed by atoms with Gasteiger partial charge < -0.3 is 45.4 Å². The molecule has 3 aliphatic rings. The topological polar surface area (TPSA) is 204 Å². The molecule has 5 heterocycles. The molecule has 0 radical (unpaired) electrons. The van der Waals surface area contributed by atoms with E-state index in [0.29, 0.717) is 49.0 Å². The molecule has 6 atom stereocenters. The second kappa shape index (κ2) is 21.6. The summed E-state index contributed by atoms with van der Waals surface area (Å²) in [5.41, 5.74) is 3.27. The first kappa shape index (κ1) is 49.7. The standard InChI is InChI=1S/C45H65N9O8S2/c1-12-28(18-17-27(6)45(7,8)9)54-31(29-23-63-41(46-29)50-37(55)33-15-13-21-52(33)39(57)35(25(2)3)48-43(59)61-10)19-20-32(54)30-24-64-42(47-30)51-38(56)34-16-14-22-53(34)40(58)36(26(4)5)49-44(60)62-11/h12,17-18,23-26,31-36H,6,13-16,19-22H2,1-5,7-11H3,(H,48,59)(H,49,60)(H,46,50,55)(H,47,51,56)/b18-17-,28-12+/t31-,32-,33-,34-,35-,36-/m0/s1. The monoisotopic (exact) mass is 923 g/mol. The minimum Gasteiger partial charge on any atom is -0.453 e. The lowest BCUT2D eigenvalue weighted by atomic mass is 9.87. The summed E-state index contributed by atoms with van der Waals surface area (Å²) in [6, 6.07) is -3.53. The average molecular weight is 924 g/mol. The Labute approximate surface area is 384 Å². The Hall–Kier alpha value is -5.30. The van der Waals surface area contributed by atoms with Crippen molar-refractivity contribution in [2.24, 2.45) is 17.3 Å². The Morgan fingerprint density at radius 2 is 1.16 bits per heavy atom. The van der Waals surface area contributed by atoms with Gasteiger partial charge in [-0.15, -0.1) is 22.7 Å². The normalized spacial score (nSPS) is 21.3. The summed E-state index contributed by atoms with van der Waals surface area (Å²) in [6.45, 7) is 20.7. The zero-order valence-corrected chi connectivity index (χ0v) is 40.3.